The summed E-state index contributed by atoms with van der Waals surface area (Å²) in [6.45, 7) is 0.481. The smallest absolute Gasteiger partial charge is 0.251 e. The second kappa shape index (κ2) is 8.81. The minimum atomic E-state index is -0.136. The lowest BCUT2D eigenvalue weighted by molar-refractivity contribution is 0.0953. The highest BCUT2D eigenvalue weighted by Crippen LogP contribution is 2.20. The lowest BCUT2D eigenvalue weighted by atomic mass is 10.0. The van der Waals surface area contributed by atoms with Crippen LogP contribution in [0.4, 0.5) is 0 Å². The van der Waals surface area contributed by atoms with Crippen LogP contribution in [0.1, 0.15) is 27.9 Å². The molecular formula is C22H22N4O2. The molecule has 0 unspecified atom stereocenters. The van der Waals surface area contributed by atoms with E-state index in [2.05, 4.69) is 10.3 Å². The maximum absolute atomic E-state index is 12.3. The summed E-state index contributed by atoms with van der Waals surface area (Å²) in [4.78, 5) is 16.3. The van der Waals surface area contributed by atoms with Crippen molar-refractivity contribution in [2.75, 3.05) is 6.54 Å². The van der Waals surface area contributed by atoms with Crippen molar-refractivity contribution >= 4 is 11.7 Å². The van der Waals surface area contributed by atoms with Crippen molar-refractivity contribution in [3.63, 3.8) is 0 Å². The molecule has 142 valence electrons. The Bertz CT molecular complexity index is 970. The standard InChI is InChI=1S/C22H22N4O2/c23-21(24)19-7-8-20(27)18(14-19)2-1-11-26-22(28)17-5-3-15(4-6-17)16-9-12-25-13-10-16/h3-10,12-14,27H,1-2,11H2,(H3,23,24)(H,26,28). The SMILES string of the molecule is N=C(N)c1ccc(O)c(CCCNC(=O)c2ccc(-c3ccncc3)cc2)c1. The van der Waals surface area contributed by atoms with Crippen LogP contribution in [0.15, 0.2) is 67.0 Å². The van der Waals surface area contributed by atoms with Crippen LogP contribution in [0.25, 0.3) is 11.1 Å². The molecule has 0 saturated carbocycles. The van der Waals surface area contributed by atoms with Gasteiger partial charge in [-0.1, -0.05) is 12.1 Å². The Morgan fingerprint density at radius 1 is 1.00 bits per heavy atom. The number of phenolic OH excluding ortho intramolecular Hbond substituents is 1. The molecule has 1 heterocycles. The monoisotopic (exact) mass is 374 g/mol. The molecule has 6 heteroatoms. The fraction of sp³-hybridized carbons (Fsp3) is 0.136. The first-order valence-electron chi connectivity index (χ1n) is 8.99. The van der Waals surface area contributed by atoms with Gasteiger partial charge in [-0.15, -0.1) is 0 Å². The molecular weight excluding hydrogens is 352 g/mol. The van der Waals surface area contributed by atoms with E-state index in [4.69, 9.17) is 11.1 Å². The van der Waals surface area contributed by atoms with Gasteiger partial charge >= 0.3 is 0 Å². The summed E-state index contributed by atoms with van der Waals surface area (Å²) in [6.07, 6.45) is 4.71. The Kier molecular flexibility index (Phi) is 6.01. The third-order valence-corrected chi connectivity index (χ3v) is 4.46. The summed E-state index contributed by atoms with van der Waals surface area (Å²) in [6, 6.07) is 16.1. The summed E-state index contributed by atoms with van der Waals surface area (Å²) < 4.78 is 0. The first-order chi connectivity index (χ1) is 13.5. The number of benzene rings is 2. The molecule has 0 saturated heterocycles. The Balaban J connectivity index is 1.52. The number of hydrogen-bond donors (Lipinski definition) is 4. The molecule has 2 aromatic carbocycles. The summed E-state index contributed by atoms with van der Waals surface area (Å²) in [5, 5.41) is 20.3. The Hall–Kier alpha value is -3.67. The Morgan fingerprint density at radius 2 is 1.64 bits per heavy atom. The minimum absolute atomic E-state index is 0.0373. The number of rotatable bonds is 7. The normalized spacial score (nSPS) is 10.4. The number of amides is 1. The van der Waals surface area contributed by atoms with Gasteiger partial charge in [-0.25, -0.2) is 0 Å². The Labute approximate surface area is 163 Å². The number of phenols is 1. The fourth-order valence-electron chi connectivity index (χ4n) is 2.89. The van der Waals surface area contributed by atoms with Crippen LogP contribution in [0, 0.1) is 5.41 Å². The highest BCUT2D eigenvalue weighted by Gasteiger charge is 2.07. The molecule has 0 aliphatic carbocycles. The number of nitrogens with one attached hydrogen (secondary N) is 2. The van der Waals surface area contributed by atoms with E-state index in [0.29, 0.717) is 36.1 Å². The number of aromatic hydroxyl groups is 1. The number of nitrogens with zero attached hydrogens (tertiary/aromatic N) is 1. The average molecular weight is 374 g/mol. The molecule has 0 aliphatic rings. The van der Waals surface area contributed by atoms with Gasteiger partial charge < -0.3 is 16.2 Å². The zero-order valence-corrected chi connectivity index (χ0v) is 15.4. The molecule has 6 nitrogen and oxygen atoms in total. The van der Waals surface area contributed by atoms with Crippen molar-refractivity contribution in [3.8, 4) is 16.9 Å². The Morgan fingerprint density at radius 3 is 2.32 bits per heavy atom. The number of aryl methyl sites for hydroxylation is 1. The molecule has 3 aromatic rings. The van der Waals surface area contributed by atoms with E-state index in [-0.39, 0.29) is 17.5 Å². The minimum Gasteiger partial charge on any atom is -0.508 e. The number of carbonyl (C=O) groups is 1. The number of hydrogen-bond acceptors (Lipinski definition) is 4. The molecule has 0 bridgehead atoms. The molecule has 1 amide bonds. The summed E-state index contributed by atoms with van der Waals surface area (Å²) >= 11 is 0. The molecule has 0 atom stereocenters. The van der Waals surface area contributed by atoms with Gasteiger partial charge in [-0.05, 0) is 72.0 Å². The molecule has 5 N–H and O–H groups in total. The fourth-order valence-corrected chi connectivity index (χ4v) is 2.89. The predicted octanol–water partition coefficient (Wildman–Crippen LogP) is 3.10. The third kappa shape index (κ3) is 4.73. The number of pyridine rings is 1. The van der Waals surface area contributed by atoms with Crippen molar-refractivity contribution in [2.24, 2.45) is 5.73 Å². The van der Waals surface area contributed by atoms with Crippen LogP contribution in [0.2, 0.25) is 0 Å². The van der Waals surface area contributed by atoms with Gasteiger partial charge in [0.1, 0.15) is 11.6 Å². The summed E-state index contributed by atoms with van der Waals surface area (Å²) in [5.74, 6) is -0.00391. The quantitative estimate of drug-likeness (QED) is 0.289. The molecule has 0 spiro atoms. The van der Waals surface area contributed by atoms with E-state index in [1.165, 1.54) is 6.07 Å². The van der Waals surface area contributed by atoms with E-state index in [0.717, 1.165) is 11.1 Å². The van der Waals surface area contributed by atoms with Crippen LogP contribution in [-0.4, -0.2) is 28.4 Å². The van der Waals surface area contributed by atoms with Crippen LogP contribution >= 0.6 is 0 Å². The lowest BCUT2D eigenvalue weighted by Gasteiger charge is -2.09. The number of amidine groups is 1. The van der Waals surface area contributed by atoms with Crippen molar-refractivity contribution in [2.45, 2.75) is 12.8 Å². The summed E-state index contributed by atoms with van der Waals surface area (Å²) in [7, 11) is 0. The van der Waals surface area contributed by atoms with Gasteiger partial charge in [0.15, 0.2) is 0 Å². The molecule has 0 fully saturated rings. The molecule has 0 radical (unpaired) electrons. The maximum atomic E-state index is 12.3. The first kappa shape index (κ1) is 19.1. The van der Waals surface area contributed by atoms with Gasteiger partial charge in [-0.2, -0.15) is 0 Å². The van der Waals surface area contributed by atoms with E-state index < -0.39 is 0 Å². The van der Waals surface area contributed by atoms with Gasteiger partial charge in [0, 0.05) is 30.1 Å². The largest absolute Gasteiger partial charge is 0.508 e. The van der Waals surface area contributed by atoms with Crippen LogP contribution in [0.3, 0.4) is 0 Å². The number of aromatic nitrogens is 1. The average Bonchev–Trinajstić information content (AvgIpc) is 2.72. The van der Waals surface area contributed by atoms with E-state index in [1.54, 1.807) is 36.7 Å². The van der Waals surface area contributed by atoms with Crippen molar-refractivity contribution in [3.05, 3.63) is 83.7 Å². The second-order valence-corrected chi connectivity index (χ2v) is 6.43. The number of nitrogens with two attached hydrogens (primary N) is 1. The molecule has 0 aliphatic heterocycles. The van der Waals surface area contributed by atoms with Crippen LogP contribution in [0.5, 0.6) is 5.75 Å². The first-order valence-corrected chi connectivity index (χ1v) is 8.99. The maximum Gasteiger partial charge on any atom is 0.251 e. The second-order valence-electron chi connectivity index (χ2n) is 6.43. The van der Waals surface area contributed by atoms with Crippen molar-refractivity contribution < 1.29 is 9.90 Å². The van der Waals surface area contributed by atoms with Gasteiger partial charge in [0.2, 0.25) is 0 Å². The van der Waals surface area contributed by atoms with Gasteiger partial charge in [0.25, 0.3) is 5.91 Å². The predicted molar refractivity (Wildman–Crippen MR) is 109 cm³/mol. The number of nitrogen functional groups attached to an aromatic ring is 1. The highest BCUT2D eigenvalue weighted by atomic mass is 16.3. The molecule has 1 aromatic heterocycles. The highest BCUT2D eigenvalue weighted by molar-refractivity contribution is 5.95. The van der Waals surface area contributed by atoms with Crippen LogP contribution in [-0.2, 0) is 6.42 Å². The van der Waals surface area contributed by atoms with Gasteiger partial charge in [0.05, 0.1) is 0 Å². The molecule has 28 heavy (non-hydrogen) atoms. The zero-order valence-electron chi connectivity index (χ0n) is 15.4. The third-order valence-electron chi connectivity index (χ3n) is 4.46. The van der Waals surface area contributed by atoms with E-state index >= 15 is 0 Å². The van der Waals surface area contributed by atoms with E-state index in [1.807, 2.05) is 24.3 Å². The van der Waals surface area contributed by atoms with Gasteiger partial charge in [-0.3, -0.25) is 15.2 Å². The molecule has 3 rings (SSSR count). The zero-order chi connectivity index (χ0) is 19.9. The number of carbonyl (C=O) groups excluding carboxylic acids is 1. The van der Waals surface area contributed by atoms with Crippen molar-refractivity contribution in [1.29, 1.82) is 5.41 Å². The lowest BCUT2D eigenvalue weighted by Crippen LogP contribution is -2.24. The summed E-state index contributed by atoms with van der Waals surface area (Å²) in [5.41, 5.74) is 9.44. The van der Waals surface area contributed by atoms with Crippen LogP contribution < -0.4 is 11.1 Å². The topological polar surface area (TPSA) is 112 Å². The van der Waals surface area contributed by atoms with E-state index in [9.17, 15) is 9.90 Å². The van der Waals surface area contributed by atoms with Crippen molar-refractivity contribution in [1.82, 2.24) is 10.3 Å².